The van der Waals surface area contributed by atoms with Crippen LogP contribution in [0, 0.1) is 6.92 Å². The van der Waals surface area contributed by atoms with Gasteiger partial charge < -0.3 is 0 Å². The zero-order chi connectivity index (χ0) is 11.4. The molecule has 0 aliphatic carbocycles. The molecule has 2 rings (SSSR count). The lowest BCUT2D eigenvalue weighted by Crippen LogP contribution is -1.89. The maximum absolute atomic E-state index is 4.56. The lowest BCUT2D eigenvalue weighted by atomic mass is 10.1. The van der Waals surface area contributed by atoms with E-state index in [0.717, 1.165) is 0 Å². The summed E-state index contributed by atoms with van der Waals surface area (Å²) in [4.78, 5) is 7.11. The molecule has 0 aliphatic heterocycles. The topological polar surface area (TPSA) is 12.4 Å². The first-order valence-electron chi connectivity index (χ1n) is 5.40. The third-order valence-electron chi connectivity index (χ3n) is 2.47. The monoisotopic (exact) mass is 229 g/mol. The van der Waals surface area contributed by atoms with Crippen molar-refractivity contribution in [1.82, 2.24) is 0 Å². The molecular formula is C14H15NS. The van der Waals surface area contributed by atoms with Gasteiger partial charge in [0.1, 0.15) is 0 Å². The Morgan fingerprint density at radius 3 is 2.50 bits per heavy atom. The Hall–Kier alpha value is -1.41. The summed E-state index contributed by atoms with van der Waals surface area (Å²) in [6.07, 6.45) is 1.97. The summed E-state index contributed by atoms with van der Waals surface area (Å²) in [5.41, 5.74) is 1.26. The number of rotatable bonds is 3. The Morgan fingerprint density at radius 1 is 1.12 bits per heavy atom. The van der Waals surface area contributed by atoms with Crippen LogP contribution in [0.3, 0.4) is 0 Å². The second-order valence-corrected chi connectivity index (χ2v) is 5.13. The zero-order valence-electron chi connectivity index (χ0n) is 9.55. The highest BCUT2D eigenvalue weighted by Crippen LogP contribution is 2.17. The minimum absolute atomic E-state index is 0.226. The van der Waals surface area contributed by atoms with Gasteiger partial charge in [-0.3, -0.25) is 4.99 Å². The van der Waals surface area contributed by atoms with Crippen molar-refractivity contribution >= 4 is 17.6 Å². The number of aryl methyl sites for hydroxylation is 1. The van der Waals surface area contributed by atoms with Gasteiger partial charge in [0.05, 0.1) is 6.04 Å². The molecular weight excluding hydrogens is 214 g/mol. The average molecular weight is 229 g/mol. The second kappa shape index (κ2) is 5.08. The molecule has 82 valence electrons. The molecule has 0 amide bonds. The van der Waals surface area contributed by atoms with Crippen LogP contribution in [-0.2, 0) is 0 Å². The van der Waals surface area contributed by atoms with E-state index in [4.69, 9.17) is 0 Å². The third-order valence-corrected chi connectivity index (χ3v) is 3.40. The highest BCUT2D eigenvalue weighted by Gasteiger charge is 2.00. The summed E-state index contributed by atoms with van der Waals surface area (Å²) in [5, 5.41) is 0. The van der Waals surface area contributed by atoms with Crippen LogP contribution in [0.2, 0.25) is 0 Å². The second-order valence-electron chi connectivity index (χ2n) is 3.81. The van der Waals surface area contributed by atoms with Crippen molar-refractivity contribution in [1.29, 1.82) is 0 Å². The smallest absolute Gasteiger partial charge is 0.0721 e. The number of hydrogen-bond donors (Lipinski definition) is 0. The molecule has 0 bridgehead atoms. The molecule has 2 aromatic rings. The molecule has 0 radical (unpaired) electrons. The van der Waals surface area contributed by atoms with E-state index in [1.165, 1.54) is 15.3 Å². The Bertz CT molecular complexity index is 470. The number of benzene rings is 1. The van der Waals surface area contributed by atoms with Gasteiger partial charge in [0.2, 0.25) is 0 Å². The normalized spacial score (nSPS) is 13.1. The highest BCUT2D eigenvalue weighted by atomic mass is 32.1. The van der Waals surface area contributed by atoms with Crippen molar-refractivity contribution < 1.29 is 0 Å². The standard InChI is InChI=1S/C14H15NS/c1-11-8-9-14(16-11)10-15-12(2)13-6-4-3-5-7-13/h3-10,12H,1-2H3/t12-/m1/s1. The van der Waals surface area contributed by atoms with E-state index in [-0.39, 0.29) is 6.04 Å². The van der Waals surface area contributed by atoms with Crippen LogP contribution >= 0.6 is 11.3 Å². The van der Waals surface area contributed by atoms with Gasteiger partial charge in [-0.25, -0.2) is 0 Å². The molecule has 0 fully saturated rings. The molecule has 0 N–H and O–H groups in total. The average Bonchev–Trinajstić information content (AvgIpc) is 2.73. The van der Waals surface area contributed by atoms with Crippen molar-refractivity contribution in [3.8, 4) is 0 Å². The molecule has 1 heterocycles. The number of nitrogens with zero attached hydrogens (tertiary/aromatic N) is 1. The van der Waals surface area contributed by atoms with E-state index in [9.17, 15) is 0 Å². The van der Waals surface area contributed by atoms with Crippen molar-refractivity contribution in [3.05, 3.63) is 57.8 Å². The van der Waals surface area contributed by atoms with Crippen LogP contribution in [0.15, 0.2) is 47.5 Å². The maximum Gasteiger partial charge on any atom is 0.0721 e. The Labute approximate surface area is 100 Å². The molecule has 2 heteroatoms. The van der Waals surface area contributed by atoms with Gasteiger partial charge in [-0.15, -0.1) is 11.3 Å². The van der Waals surface area contributed by atoms with Crippen molar-refractivity contribution in [3.63, 3.8) is 0 Å². The van der Waals surface area contributed by atoms with Crippen LogP contribution in [-0.4, -0.2) is 6.21 Å². The minimum atomic E-state index is 0.226. The third kappa shape index (κ3) is 2.80. The first-order chi connectivity index (χ1) is 7.75. The van der Waals surface area contributed by atoms with E-state index in [1.807, 2.05) is 12.3 Å². The van der Waals surface area contributed by atoms with Crippen LogP contribution in [0.25, 0.3) is 0 Å². The molecule has 1 aromatic heterocycles. The quantitative estimate of drug-likeness (QED) is 0.698. The maximum atomic E-state index is 4.56. The summed E-state index contributed by atoms with van der Waals surface area (Å²) >= 11 is 1.78. The van der Waals surface area contributed by atoms with Gasteiger partial charge in [0, 0.05) is 16.0 Å². The van der Waals surface area contributed by atoms with E-state index in [2.05, 4.69) is 55.2 Å². The van der Waals surface area contributed by atoms with E-state index in [1.54, 1.807) is 11.3 Å². The molecule has 0 saturated heterocycles. The molecule has 1 atom stereocenters. The van der Waals surface area contributed by atoms with Gasteiger partial charge in [0.15, 0.2) is 0 Å². The van der Waals surface area contributed by atoms with Crippen LogP contribution in [0.5, 0.6) is 0 Å². The highest BCUT2D eigenvalue weighted by molar-refractivity contribution is 7.13. The van der Waals surface area contributed by atoms with Crippen molar-refractivity contribution in [2.45, 2.75) is 19.9 Å². The van der Waals surface area contributed by atoms with Gasteiger partial charge in [0.25, 0.3) is 0 Å². The summed E-state index contributed by atoms with van der Waals surface area (Å²) in [6, 6.07) is 14.8. The molecule has 0 unspecified atom stereocenters. The zero-order valence-corrected chi connectivity index (χ0v) is 10.4. The first kappa shape index (κ1) is 11.1. The van der Waals surface area contributed by atoms with Gasteiger partial charge >= 0.3 is 0 Å². The fourth-order valence-electron chi connectivity index (χ4n) is 1.53. The Morgan fingerprint density at radius 2 is 1.88 bits per heavy atom. The van der Waals surface area contributed by atoms with Crippen molar-refractivity contribution in [2.24, 2.45) is 4.99 Å². The fraction of sp³-hybridized carbons (Fsp3) is 0.214. The molecule has 0 spiro atoms. The predicted molar refractivity (Wildman–Crippen MR) is 71.5 cm³/mol. The Balaban J connectivity index is 2.08. The number of hydrogen-bond acceptors (Lipinski definition) is 2. The summed E-state index contributed by atoms with van der Waals surface area (Å²) in [7, 11) is 0. The molecule has 16 heavy (non-hydrogen) atoms. The van der Waals surface area contributed by atoms with Gasteiger partial charge in [-0.05, 0) is 31.5 Å². The van der Waals surface area contributed by atoms with E-state index in [0.29, 0.717) is 0 Å². The van der Waals surface area contributed by atoms with E-state index < -0.39 is 0 Å². The van der Waals surface area contributed by atoms with E-state index >= 15 is 0 Å². The fourth-order valence-corrected chi connectivity index (χ4v) is 2.28. The van der Waals surface area contributed by atoms with Gasteiger partial charge in [-0.1, -0.05) is 30.3 Å². The summed E-state index contributed by atoms with van der Waals surface area (Å²) in [6.45, 7) is 4.23. The van der Waals surface area contributed by atoms with Crippen molar-refractivity contribution in [2.75, 3.05) is 0 Å². The minimum Gasteiger partial charge on any atom is -0.284 e. The number of thiophene rings is 1. The molecule has 1 aromatic carbocycles. The largest absolute Gasteiger partial charge is 0.284 e. The Kier molecular flexibility index (Phi) is 3.52. The van der Waals surface area contributed by atoms with Crippen LogP contribution in [0.4, 0.5) is 0 Å². The SMILES string of the molecule is Cc1ccc(C=N[C@H](C)c2ccccc2)s1. The number of aliphatic imine (C=N–C) groups is 1. The van der Waals surface area contributed by atoms with Crippen LogP contribution < -0.4 is 0 Å². The summed E-state index contributed by atoms with van der Waals surface area (Å²) in [5.74, 6) is 0. The summed E-state index contributed by atoms with van der Waals surface area (Å²) < 4.78 is 0. The first-order valence-corrected chi connectivity index (χ1v) is 6.22. The van der Waals surface area contributed by atoms with Crippen LogP contribution in [0.1, 0.15) is 28.3 Å². The molecule has 0 saturated carbocycles. The predicted octanol–water partition coefficient (Wildman–Crippen LogP) is 4.24. The lowest BCUT2D eigenvalue weighted by molar-refractivity contribution is 0.825. The lowest BCUT2D eigenvalue weighted by Gasteiger charge is -2.04. The molecule has 0 aliphatic rings. The molecule has 1 nitrogen and oxygen atoms in total. The van der Waals surface area contributed by atoms with Gasteiger partial charge in [-0.2, -0.15) is 0 Å².